The van der Waals surface area contributed by atoms with Gasteiger partial charge in [-0.25, -0.2) is 0 Å². The molecule has 1 unspecified atom stereocenters. The number of halogens is 1. The maximum atomic E-state index is 11.3. The number of nitrogens with zero attached hydrogens (tertiary/aromatic N) is 1. The second kappa shape index (κ2) is 8.97. The van der Waals surface area contributed by atoms with E-state index in [2.05, 4.69) is 27.9 Å². The summed E-state index contributed by atoms with van der Waals surface area (Å²) in [6.45, 7) is 3.39. The molecule has 0 aromatic heterocycles. The fraction of sp³-hybridized carbons (Fsp3) is 0.400. The number of carbonyl (C=O) groups excluding carboxylic acids is 1. The van der Waals surface area contributed by atoms with Crippen molar-refractivity contribution in [3.8, 4) is 5.75 Å². The van der Waals surface area contributed by atoms with Crippen LogP contribution in [0.1, 0.15) is 8.35 Å². The van der Waals surface area contributed by atoms with E-state index in [0.29, 0.717) is 6.54 Å². The molecule has 1 amide bonds. The van der Waals surface area contributed by atoms with Crippen LogP contribution in [0.25, 0.3) is 0 Å². The molecule has 1 aromatic rings. The fourth-order valence-corrected chi connectivity index (χ4v) is 1.83. The Morgan fingerprint density at radius 3 is 2.70 bits per heavy atom. The molecule has 1 N–H and O–H groups in total. The second-order valence-electron chi connectivity index (χ2n) is 4.68. The number of ether oxygens (including phenoxy) is 1. The summed E-state index contributed by atoms with van der Waals surface area (Å²) in [5, 5.41) is 3.23. The van der Waals surface area contributed by atoms with Crippen molar-refractivity contribution in [3.63, 3.8) is 0 Å². The van der Waals surface area contributed by atoms with Gasteiger partial charge in [0.2, 0.25) is 5.91 Å². The minimum atomic E-state index is -0.00464. The topological polar surface area (TPSA) is 41.6 Å². The van der Waals surface area contributed by atoms with Crippen molar-refractivity contribution in [3.05, 3.63) is 40.0 Å². The average Bonchev–Trinajstić information content (AvgIpc) is 2.40. The SMILES string of the molecule is CC(CNC/C=C/C(=O)N(C)C)Oc1ccc(I)cc1.[HH]. The lowest BCUT2D eigenvalue weighted by atomic mass is 10.3. The quantitative estimate of drug-likeness (QED) is 0.442. The van der Waals surface area contributed by atoms with Crippen molar-refractivity contribution >= 4 is 28.5 Å². The maximum Gasteiger partial charge on any atom is 0.245 e. The van der Waals surface area contributed by atoms with Crippen LogP contribution in [0.15, 0.2) is 36.4 Å². The highest BCUT2D eigenvalue weighted by atomic mass is 127. The molecule has 0 radical (unpaired) electrons. The molecular formula is C15H23IN2O2. The highest BCUT2D eigenvalue weighted by Gasteiger charge is 2.03. The van der Waals surface area contributed by atoms with Crippen LogP contribution in [-0.4, -0.2) is 44.1 Å². The van der Waals surface area contributed by atoms with Crippen LogP contribution in [0.4, 0.5) is 0 Å². The van der Waals surface area contributed by atoms with Crippen molar-refractivity contribution in [2.45, 2.75) is 13.0 Å². The molecule has 1 aromatic carbocycles. The van der Waals surface area contributed by atoms with Crippen molar-refractivity contribution < 1.29 is 11.0 Å². The molecule has 20 heavy (non-hydrogen) atoms. The summed E-state index contributed by atoms with van der Waals surface area (Å²) in [5.41, 5.74) is 0. The fourth-order valence-electron chi connectivity index (χ4n) is 1.47. The van der Waals surface area contributed by atoms with Crippen molar-refractivity contribution in [2.75, 3.05) is 27.2 Å². The summed E-state index contributed by atoms with van der Waals surface area (Å²) in [7, 11) is 3.47. The molecule has 0 aliphatic heterocycles. The Balaban J connectivity index is 0.00000400. The van der Waals surface area contributed by atoms with Gasteiger partial charge in [0.1, 0.15) is 11.9 Å². The monoisotopic (exact) mass is 390 g/mol. The van der Waals surface area contributed by atoms with Gasteiger partial charge in [0, 0.05) is 38.3 Å². The molecule has 0 fully saturated rings. The molecule has 0 aliphatic rings. The first kappa shape index (κ1) is 17.0. The van der Waals surface area contributed by atoms with Gasteiger partial charge in [-0.15, -0.1) is 0 Å². The summed E-state index contributed by atoms with van der Waals surface area (Å²) >= 11 is 2.27. The van der Waals surface area contributed by atoms with Crippen LogP contribution in [0.5, 0.6) is 5.75 Å². The number of likely N-dealkylation sites (N-methyl/N-ethyl adjacent to an activating group) is 1. The van der Waals surface area contributed by atoms with E-state index in [-0.39, 0.29) is 13.4 Å². The Hall–Kier alpha value is -1.08. The lowest BCUT2D eigenvalue weighted by Crippen LogP contribution is -2.29. The van der Waals surface area contributed by atoms with Crippen LogP contribution in [-0.2, 0) is 4.79 Å². The molecule has 0 saturated heterocycles. The zero-order valence-electron chi connectivity index (χ0n) is 12.1. The van der Waals surface area contributed by atoms with Crippen molar-refractivity contribution in [1.29, 1.82) is 0 Å². The predicted molar refractivity (Wildman–Crippen MR) is 92.1 cm³/mol. The van der Waals surface area contributed by atoms with Gasteiger partial charge >= 0.3 is 0 Å². The van der Waals surface area contributed by atoms with Gasteiger partial charge in [-0.1, -0.05) is 6.08 Å². The summed E-state index contributed by atoms with van der Waals surface area (Å²) < 4.78 is 6.96. The zero-order valence-corrected chi connectivity index (χ0v) is 14.3. The van der Waals surface area contributed by atoms with E-state index < -0.39 is 0 Å². The molecule has 0 saturated carbocycles. The molecule has 4 nitrogen and oxygen atoms in total. The summed E-state index contributed by atoms with van der Waals surface area (Å²) in [5.74, 6) is 0.869. The summed E-state index contributed by atoms with van der Waals surface area (Å²) in [6.07, 6.45) is 3.46. The van der Waals surface area contributed by atoms with E-state index in [1.54, 1.807) is 25.1 Å². The molecule has 0 heterocycles. The summed E-state index contributed by atoms with van der Waals surface area (Å²) in [6, 6.07) is 7.97. The molecule has 5 heteroatoms. The molecule has 0 bridgehead atoms. The van der Waals surface area contributed by atoms with E-state index in [1.165, 1.54) is 3.57 Å². The van der Waals surface area contributed by atoms with Crippen molar-refractivity contribution in [1.82, 2.24) is 10.2 Å². The van der Waals surface area contributed by atoms with Gasteiger partial charge in [-0.05, 0) is 53.8 Å². The molecule has 0 spiro atoms. The van der Waals surface area contributed by atoms with Gasteiger partial charge in [-0.3, -0.25) is 4.79 Å². The Morgan fingerprint density at radius 1 is 1.45 bits per heavy atom. The van der Waals surface area contributed by atoms with Gasteiger partial charge in [0.05, 0.1) is 0 Å². The Bertz CT molecular complexity index is 449. The van der Waals surface area contributed by atoms with E-state index in [9.17, 15) is 4.79 Å². The van der Waals surface area contributed by atoms with Crippen LogP contribution in [0.2, 0.25) is 0 Å². The number of hydrogen-bond acceptors (Lipinski definition) is 3. The number of carbonyl (C=O) groups is 1. The number of nitrogens with one attached hydrogen (secondary N) is 1. The van der Waals surface area contributed by atoms with E-state index in [0.717, 1.165) is 12.3 Å². The third kappa shape index (κ3) is 6.91. The van der Waals surface area contributed by atoms with Gasteiger partial charge in [-0.2, -0.15) is 0 Å². The number of hydrogen-bond donors (Lipinski definition) is 1. The first-order chi connectivity index (χ1) is 9.49. The molecular weight excluding hydrogens is 367 g/mol. The number of rotatable bonds is 7. The summed E-state index contributed by atoms with van der Waals surface area (Å²) in [4.78, 5) is 12.8. The highest BCUT2D eigenvalue weighted by Crippen LogP contribution is 2.14. The normalized spacial score (nSPS) is 12.4. The van der Waals surface area contributed by atoms with Crippen LogP contribution in [0.3, 0.4) is 0 Å². The smallest absolute Gasteiger partial charge is 0.245 e. The maximum absolute atomic E-state index is 11.3. The average molecular weight is 390 g/mol. The predicted octanol–water partition coefficient (Wildman–Crippen LogP) is 2.54. The minimum absolute atomic E-state index is 0. The first-order valence-electron chi connectivity index (χ1n) is 6.50. The van der Waals surface area contributed by atoms with Gasteiger partial charge in [0.25, 0.3) is 0 Å². The van der Waals surface area contributed by atoms with Crippen LogP contribution in [0, 0.1) is 3.57 Å². The number of amides is 1. The first-order valence-corrected chi connectivity index (χ1v) is 7.57. The molecule has 0 aliphatic carbocycles. The molecule has 112 valence electrons. The second-order valence-corrected chi connectivity index (χ2v) is 5.92. The third-order valence-corrected chi connectivity index (χ3v) is 3.27. The Labute approximate surface area is 135 Å². The standard InChI is InChI=1S/C15H21IN2O2.H2/c1-12(20-14-8-6-13(16)7-9-14)11-17-10-4-5-15(19)18(2)3;/h4-9,12,17H,10-11H2,1-3H3;1H/b5-4+;. The van der Waals surface area contributed by atoms with Gasteiger partial charge in [0.15, 0.2) is 0 Å². The van der Waals surface area contributed by atoms with Crippen LogP contribution >= 0.6 is 22.6 Å². The van der Waals surface area contributed by atoms with E-state index in [4.69, 9.17) is 4.74 Å². The Kier molecular flexibility index (Phi) is 7.61. The minimum Gasteiger partial charge on any atom is -0.489 e. The largest absolute Gasteiger partial charge is 0.489 e. The molecule has 1 rings (SSSR count). The van der Waals surface area contributed by atoms with Crippen molar-refractivity contribution in [2.24, 2.45) is 0 Å². The lowest BCUT2D eigenvalue weighted by molar-refractivity contribution is -0.123. The Morgan fingerprint density at radius 2 is 2.10 bits per heavy atom. The van der Waals surface area contributed by atoms with Crippen LogP contribution < -0.4 is 10.1 Å². The third-order valence-electron chi connectivity index (χ3n) is 2.55. The molecule has 1 atom stereocenters. The zero-order chi connectivity index (χ0) is 15.0. The lowest BCUT2D eigenvalue weighted by Gasteiger charge is -2.15. The van der Waals surface area contributed by atoms with Gasteiger partial charge < -0.3 is 15.0 Å². The van der Waals surface area contributed by atoms with E-state index >= 15 is 0 Å². The highest BCUT2D eigenvalue weighted by molar-refractivity contribution is 14.1. The van der Waals surface area contributed by atoms with E-state index in [1.807, 2.05) is 37.3 Å². The number of benzene rings is 1.